The molecule has 0 aromatic carbocycles. The molecule has 0 saturated heterocycles. The first-order valence-electron chi connectivity index (χ1n) is 7.12. The van der Waals surface area contributed by atoms with E-state index in [1.807, 2.05) is 32.1 Å². The molecule has 0 amide bonds. The summed E-state index contributed by atoms with van der Waals surface area (Å²) in [5.41, 5.74) is 0. The van der Waals surface area contributed by atoms with Crippen LogP contribution < -0.4 is 0 Å². The third kappa shape index (κ3) is 5.36. The second-order valence-corrected chi connectivity index (χ2v) is 8.15. The van der Waals surface area contributed by atoms with E-state index in [4.69, 9.17) is 13.3 Å². The second kappa shape index (κ2) is 8.87. The molecule has 19 heavy (non-hydrogen) atoms. The summed E-state index contributed by atoms with van der Waals surface area (Å²) < 4.78 is 17.6. The lowest BCUT2D eigenvalue weighted by atomic mass is 10.1. The molecule has 1 aromatic heterocycles. The van der Waals surface area contributed by atoms with Crippen molar-refractivity contribution in [1.82, 2.24) is 0 Å². The third-order valence-electron chi connectivity index (χ3n) is 3.01. The Morgan fingerprint density at radius 2 is 1.68 bits per heavy atom. The molecule has 1 aromatic rings. The maximum absolute atomic E-state index is 5.88. The largest absolute Gasteiger partial charge is 0.500 e. The Balaban J connectivity index is 2.60. The molecule has 5 heteroatoms. The topological polar surface area (TPSA) is 27.7 Å². The Labute approximate surface area is 122 Å². The fraction of sp³-hybridized carbons (Fsp3) is 0.714. The van der Waals surface area contributed by atoms with Crippen LogP contribution in [0.15, 0.2) is 17.5 Å². The second-order valence-electron chi connectivity index (χ2n) is 4.44. The highest BCUT2D eigenvalue weighted by molar-refractivity contribution is 7.10. The van der Waals surface area contributed by atoms with Crippen LogP contribution in [-0.2, 0) is 13.3 Å². The van der Waals surface area contributed by atoms with Crippen molar-refractivity contribution in [2.45, 2.75) is 46.1 Å². The Bertz CT molecular complexity index is 312. The molecule has 0 aliphatic rings. The molecule has 0 saturated carbocycles. The predicted octanol–water partition coefficient (Wildman–Crippen LogP) is 4.29. The molecular formula is C14H26O3SSi. The number of thiophene rings is 1. The normalized spacial score (nSPS) is 13.7. The molecular weight excluding hydrogens is 276 g/mol. The smallest absolute Gasteiger partial charge is 0.374 e. The Morgan fingerprint density at radius 3 is 2.11 bits per heavy atom. The lowest BCUT2D eigenvalue weighted by Gasteiger charge is -2.29. The molecule has 0 fully saturated rings. The highest BCUT2D eigenvalue weighted by Gasteiger charge is 2.40. The van der Waals surface area contributed by atoms with Gasteiger partial charge in [0.25, 0.3) is 0 Å². The van der Waals surface area contributed by atoms with E-state index in [9.17, 15) is 0 Å². The maximum Gasteiger partial charge on any atom is 0.500 e. The van der Waals surface area contributed by atoms with Crippen LogP contribution in [0.1, 0.15) is 44.9 Å². The molecule has 0 radical (unpaired) electrons. The highest BCUT2D eigenvalue weighted by atomic mass is 32.1. The van der Waals surface area contributed by atoms with Crippen LogP contribution >= 0.6 is 11.3 Å². The summed E-state index contributed by atoms with van der Waals surface area (Å²) in [4.78, 5) is 1.42. The van der Waals surface area contributed by atoms with E-state index < -0.39 is 8.80 Å². The summed E-state index contributed by atoms with van der Waals surface area (Å²) in [6, 6.07) is 5.19. The molecule has 110 valence electrons. The minimum Gasteiger partial charge on any atom is -0.374 e. The summed E-state index contributed by atoms with van der Waals surface area (Å²) >= 11 is 1.81. The summed E-state index contributed by atoms with van der Waals surface area (Å²) in [6.45, 7) is 10.2. The lowest BCUT2D eigenvalue weighted by Crippen LogP contribution is -2.46. The van der Waals surface area contributed by atoms with Crippen LogP contribution in [0.3, 0.4) is 0 Å². The maximum atomic E-state index is 5.88. The van der Waals surface area contributed by atoms with Crippen molar-refractivity contribution in [2.24, 2.45) is 0 Å². The Hall–Kier alpha value is -0.203. The first kappa shape index (κ1) is 16.9. The summed E-state index contributed by atoms with van der Waals surface area (Å²) in [5.74, 6) is 0.535. The molecule has 0 N–H and O–H groups in total. The average molecular weight is 303 g/mol. The van der Waals surface area contributed by atoms with Gasteiger partial charge in [-0.15, -0.1) is 11.3 Å². The minimum atomic E-state index is -2.47. The van der Waals surface area contributed by atoms with E-state index in [1.165, 1.54) is 4.88 Å². The van der Waals surface area contributed by atoms with Gasteiger partial charge in [0.2, 0.25) is 0 Å². The van der Waals surface area contributed by atoms with E-state index in [2.05, 4.69) is 24.4 Å². The summed E-state index contributed by atoms with van der Waals surface area (Å²) in [5, 5.41) is 2.13. The molecule has 1 unspecified atom stereocenters. The van der Waals surface area contributed by atoms with Crippen molar-refractivity contribution in [3.8, 4) is 0 Å². The zero-order valence-electron chi connectivity index (χ0n) is 12.5. The van der Waals surface area contributed by atoms with Gasteiger partial charge in [0.05, 0.1) is 0 Å². The van der Waals surface area contributed by atoms with Gasteiger partial charge in [0.1, 0.15) is 0 Å². The van der Waals surface area contributed by atoms with Gasteiger partial charge in [-0.25, -0.2) is 0 Å². The standard InChI is InChI=1S/C14H26O3SSi/c1-5-15-19(16-6-2,17-7-3)12-10-13(4)14-9-8-11-18-14/h8-9,11,13H,5-7,10,12H2,1-4H3. The fourth-order valence-electron chi connectivity index (χ4n) is 2.11. The number of rotatable bonds is 10. The molecule has 3 nitrogen and oxygen atoms in total. The number of hydrogen-bond acceptors (Lipinski definition) is 4. The SMILES string of the molecule is CCO[Si](CCC(C)c1cccs1)(OCC)OCC. The quantitative estimate of drug-likeness (QED) is 0.603. The van der Waals surface area contributed by atoms with Gasteiger partial charge in [-0.2, -0.15) is 0 Å². The van der Waals surface area contributed by atoms with Gasteiger partial charge in [0.15, 0.2) is 0 Å². The lowest BCUT2D eigenvalue weighted by molar-refractivity contribution is 0.0704. The van der Waals surface area contributed by atoms with Crippen molar-refractivity contribution in [3.63, 3.8) is 0 Å². The molecule has 1 heterocycles. The van der Waals surface area contributed by atoms with Gasteiger partial charge in [0, 0.05) is 30.7 Å². The first-order valence-corrected chi connectivity index (χ1v) is 9.93. The number of hydrogen-bond donors (Lipinski definition) is 0. The van der Waals surface area contributed by atoms with Gasteiger partial charge in [-0.3, -0.25) is 0 Å². The van der Waals surface area contributed by atoms with E-state index in [0.717, 1.165) is 12.5 Å². The van der Waals surface area contributed by atoms with Crippen LogP contribution in [0.4, 0.5) is 0 Å². The van der Waals surface area contributed by atoms with Crippen LogP contribution in [0.2, 0.25) is 6.04 Å². The highest BCUT2D eigenvalue weighted by Crippen LogP contribution is 2.29. The van der Waals surface area contributed by atoms with Gasteiger partial charge in [-0.1, -0.05) is 13.0 Å². The van der Waals surface area contributed by atoms with E-state index >= 15 is 0 Å². The Morgan fingerprint density at radius 1 is 1.11 bits per heavy atom. The van der Waals surface area contributed by atoms with Crippen LogP contribution in [0.25, 0.3) is 0 Å². The summed E-state index contributed by atoms with van der Waals surface area (Å²) in [7, 11) is -2.47. The predicted molar refractivity (Wildman–Crippen MR) is 82.8 cm³/mol. The first-order chi connectivity index (χ1) is 9.17. The molecule has 0 bridgehead atoms. The Kier molecular flexibility index (Phi) is 7.86. The zero-order chi connectivity index (χ0) is 14.1. The third-order valence-corrected chi connectivity index (χ3v) is 7.20. The van der Waals surface area contributed by atoms with Crippen molar-refractivity contribution in [2.75, 3.05) is 19.8 Å². The van der Waals surface area contributed by atoms with Crippen LogP contribution in [0.5, 0.6) is 0 Å². The molecule has 0 spiro atoms. The van der Waals surface area contributed by atoms with Crippen molar-refractivity contribution < 1.29 is 13.3 Å². The monoisotopic (exact) mass is 302 g/mol. The van der Waals surface area contributed by atoms with E-state index in [1.54, 1.807) is 0 Å². The van der Waals surface area contributed by atoms with Crippen LogP contribution in [0, 0.1) is 0 Å². The van der Waals surface area contributed by atoms with Gasteiger partial charge < -0.3 is 13.3 Å². The molecule has 1 rings (SSSR count). The van der Waals surface area contributed by atoms with Gasteiger partial charge in [-0.05, 0) is 44.6 Å². The molecule has 0 aliphatic heterocycles. The minimum absolute atomic E-state index is 0.535. The average Bonchev–Trinajstić information content (AvgIpc) is 2.91. The van der Waals surface area contributed by atoms with Crippen molar-refractivity contribution >= 4 is 20.1 Å². The van der Waals surface area contributed by atoms with Gasteiger partial charge >= 0.3 is 8.80 Å². The van der Waals surface area contributed by atoms with E-state index in [0.29, 0.717) is 25.7 Å². The molecule has 0 aliphatic carbocycles. The molecule has 1 atom stereocenters. The fourth-order valence-corrected chi connectivity index (χ4v) is 5.72. The van der Waals surface area contributed by atoms with Crippen molar-refractivity contribution in [1.29, 1.82) is 0 Å². The van der Waals surface area contributed by atoms with Crippen LogP contribution in [-0.4, -0.2) is 28.6 Å². The zero-order valence-corrected chi connectivity index (χ0v) is 14.3. The van der Waals surface area contributed by atoms with E-state index in [-0.39, 0.29) is 0 Å². The summed E-state index contributed by atoms with van der Waals surface area (Å²) in [6.07, 6.45) is 1.05. The van der Waals surface area contributed by atoms with Crippen molar-refractivity contribution in [3.05, 3.63) is 22.4 Å².